The van der Waals surface area contributed by atoms with Crippen molar-refractivity contribution < 1.29 is 14.3 Å². The van der Waals surface area contributed by atoms with Crippen LogP contribution >= 0.6 is 0 Å². The Labute approximate surface area is 84.8 Å². The molecule has 76 valence electrons. The lowest BCUT2D eigenvalue weighted by Gasteiger charge is -2.00. The van der Waals surface area contributed by atoms with Crippen molar-refractivity contribution >= 4 is 16.8 Å². The molecule has 0 saturated heterocycles. The van der Waals surface area contributed by atoms with Gasteiger partial charge in [-0.2, -0.15) is 0 Å². The van der Waals surface area contributed by atoms with E-state index in [0.717, 1.165) is 6.07 Å². The van der Waals surface area contributed by atoms with Crippen molar-refractivity contribution in [2.24, 2.45) is 0 Å². The maximum absolute atomic E-state index is 11.1. The van der Waals surface area contributed by atoms with Gasteiger partial charge in [0.1, 0.15) is 11.3 Å². The Morgan fingerprint density at radius 2 is 2.07 bits per heavy atom. The van der Waals surface area contributed by atoms with E-state index in [1.165, 1.54) is 19.1 Å². The van der Waals surface area contributed by atoms with Gasteiger partial charge < -0.3 is 9.52 Å². The van der Waals surface area contributed by atoms with Crippen LogP contribution in [-0.4, -0.2) is 10.9 Å². The zero-order valence-corrected chi connectivity index (χ0v) is 7.98. The monoisotopic (exact) mass is 204 g/mol. The number of carbonyl (C=O) groups is 1. The summed E-state index contributed by atoms with van der Waals surface area (Å²) >= 11 is 0. The van der Waals surface area contributed by atoms with Crippen LogP contribution in [0.3, 0.4) is 0 Å². The van der Waals surface area contributed by atoms with Crippen LogP contribution in [0.15, 0.2) is 33.5 Å². The van der Waals surface area contributed by atoms with Crippen LogP contribution in [0.25, 0.3) is 11.0 Å². The molecule has 4 heteroatoms. The van der Waals surface area contributed by atoms with Gasteiger partial charge in [0.05, 0.1) is 11.5 Å². The highest BCUT2D eigenvalue weighted by Gasteiger charge is 2.07. The molecule has 0 aliphatic heterocycles. The van der Waals surface area contributed by atoms with Gasteiger partial charge in [0.15, 0.2) is 5.78 Å². The van der Waals surface area contributed by atoms with Crippen molar-refractivity contribution in [2.75, 3.05) is 0 Å². The minimum absolute atomic E-state index is 0.109. The standard InChI is InChI=1S/C11H8O4/c1-6(12)7-2-3-10-8(4-7)9(13)5-11(14)15-10/h2-5,13H,1H3. The Morgan fingerprint density at radius 3 is 2.73 bits per heavy atom. The van der Waals surface area contributed by atoms with Gasteiger partial charge in [-0.05, 0) is 25.1 Å². The number of rotatable bonds is 1. The molecule has 0 aliphatic carbocycles. The molecule has 0 aliphatic rings. The third-order valence-electron chi connectivity index (χ3n) is 2.13. The van der Waals surface area contributed by atoms with Gasteiger partial charge in [-0.25, -0.2) is 4.79 Å². The first-order chi connectivity index (χ1) is 7.08. The smallest absolute Gasteiger partial charge is 0.339 e. The Morgan fingerprint density at radius 1 is 1.33 bits per heavy atom. The van der Waals surface area contributed by atoms with Gasteiger partial charge in [0, 0.05) is 5.56 Å². The van der Waals surface area contributed by atoms with Gasteiger partial charge in [0.25, 0.3) is 0 Å². The number of Topliss-reactive ketones (excluding diaryl/α,β-unsaturated/α-hetero) is 1. The van der Waals surface area contributed by atoms with Crippen LogP contribution in [0.1, 0.15) is 17.3 Å². The Kier molecular flexibility index (Phi) is 2.04. The summed E-state index contributed by atoms with van der Waals surface area (Å²) in [5, 5.41) is 9.85. The van der Waals surface area contributed by atoms with E-state index in [1.54, 1.807) is 6.07 Å². The molecule has 1 heterocycles. The molecule has 0 bridgehead atoms. The fourth-order valence-electron chi connectivity index (χ4n) is 1.37. The van der Waals surface area contributed by atoms with Gasteiger partial charge in [-0.1, -0.05) is 0 Å². The highest BCUT2D eigenvalue weighted by molar-refractivity contribution is 5.98. The van der Waals surface area contributed by atoms with Crippen molar-refractivity contribution in [3.63, 3.8) is 0 Å². The van der Waals surface area contributed by atoms with E-state index < -0.39 is 5.63 Å². The van der Waals surface area contributed by atoms with Crippen molar-refractivity contribution in [3.05, 3.63) is 40.2 Å². The lowest BCUT2D eigenvalue weighted by Crippen LogP contribution is -1.97. The van der Waals surface area contributed by atoms with E-state index in [2.05, 4.69) is 0 Å². The summed E-state index contributed by atoms with van der Waals surface area (Å²) in [6.45, 7) is 1.43. The van der Waals surface area contributed by atoms with E-state index in [-0.39, 0.29) is 17.1 Å². The predicted octanol–water partition coefficient (Wildman–Crippen LogP) is 1.70. The number of carbonyl (C=O) groups excluding carboxylic acids is 1. The molecule has 2 aromatic rings. The van der Waals surface area contributed by atoms with E-state index >= 15 is 0 Å². The van der Waals surface area contributed by atoms with E-state index in [4.69, 9.17) is 4.42 Å². The topological polar surface area (TPSA) is 67.5 Å². The number of benzene rings is 1. The van der Waals surface area contributed by atoms with E-state index in [1.807, 2.05) is 0 Å². The second-order valence-corrected chi connectivity index (χ2v) is 3.22. The maximum atomic E-state index is 11.1. The molecule has 0 saturated carbocycles. The van der Waals surface area contributed by atoms with Crippen LogP contribution in [0, 0.1) is 0 Å². The average Bonchev–Trinajstić information content (AvgIpc) is 2.16. The lowest BCUT2D eigenvalue weighted by atomic mass is 10.1. The molecule has 0 fully saturated rings. The van der Waals surface area contributed by atoms with Gasteiger partial charge in [-0.15, -0.1) is 0 Å². The van der Waals surface area contributed by atoms with Crippen molar-refractivity contribution in [2.45, 2.75) is 6.92 Å². The molecule has 15 heavy (non-hydrogen) atoms. The summed E-state index contributed by atoms with van der Waals surface area (Å²) in [6.07, 6.45) is 0. The summed E-state index contributed by atoms with van der Waals surface area (Å²) in [5.74, 6) is -0.285. The second kappa shape index (κ2) is 3.24. The minimum Gasteiger partial charge on any atom is -0.507 e. The third-order valence-corrected chi connectivity index (χ3v) is 2.13. The van der Waals surface area contributed by atoms with Crippen LogP contribution < -0.4 is 5.63 Å². The van der Waals surface area contributed by atoms with Crippen LogP contribution in [-0.2, 0) is 0 Å². The first-order valence-electron chi connectivity index (χ1n) is 4.36. The van der Waals surface area contributed by atoms with E-state index in [9.17, 15) is 14.7 Å². The molecule has 0 atom stereocenters. The predicted molar refractivity (Wildman–Crippen MR) is 54.2 cm³/mol. The Hall–Kier alpha value is -2.10. The number of fused-ring (bicyclic) bond motifs is 1. The SMILES string of the molecule is CC(=O)c1ccc2oc(=O)cc(O)c2c1. The zero-order valence-electron chi connectivity index (χ0n) is 7.98. The number of aromatic hydroxyl groups is 1. The summed E-state index contributed by atoms with van der Waals surface area (Å²) in [7, 11) is 0. The third kappa shape index (κ3) is 1.61. The molecule has 1 aromatic carbocycles. The number of hydrogen-bond acceptors (Lipinski definition) is 4. The van der Waals surface area contributed by atoms with Crippen LogP contribution in [0.4, 0.5) is 0 Å². The molecular weight excluding hydrogens is 196 g/mol. The van der Waals surface area contributed by atoms with Gasteiger partial charge in [0.2, 0.25) is 0 Å². The molecule has 1 aromatic heterocycles. The molecule has 2 rings (SSSR count). The largest absolute Gasteiger partial charge is 0.507 e. The van der Waals surface area contributed by atoms with E-state index in [0.29, 0.717) is 10.9 Å². The summed E-state index contributed by atoms with van der Waals surface area (Å²) in [6, 6.07) is 5.52. The van der Waals surface area contributed by atoms with Gasteiger partial charge in [-0.3, -0.25) is 4.79 Å². The highest BCUT2D eigenvalue weighted by atomic mass is 16.4. The van der Waals surface area contributed by atoms with Crippen LogP contribution in [0.5, 0.6) is 5.75 Å². The second-order valence-electron chi connectivity index (χ2n) is 3.22. The van der Waals surface area contributed by atoms with Crippen LogP contribution in [0.2, 0.25) is 0 Å². The van der Waals surface area contributed by atoms with Crippen molar-refractivity contribution in [1.29, 1.82) is 0 Å². The molecule has 0 amide bonds. The zero-order chi connectivity index (χ0) is 11.0. The van der Waals surface area contributed by atoms with Gasteiger partial charge >= 0.3 is 5.63 Å². The minimum atomic E-state index is -0.615. The normalized spacial score (nSPS) is 10.5. The summed E-state index contributed by atoms with van der Waals surface area (Å²) in [5.41, 5.74) is 0.118. The summed E-state index contributed by atoms with van der Waals surface area (Å²) in [4.78, 5) is 22.0. The Balaban J connectivity index is 2.82. The quantitative estimate of drug-likeness (QED) is 0.567. The van der Waals surface area contributed by atoms with Crippen molar-refractivity contribution in [3.8, 4) is 5.75 Å². The molecule has 0 radical (unpaired) electrons. The number of hydrogen-bond donors (Lipinski definition) is 1. The molecule has 1 N–H and O–H groups in total. The highest BCUT2D eigenvalue weighted by Crippen LogP contribution is 2.23. The first-order valence-corrected chi connectivity index (χ1v) is 4.36. The molecule has 4 nitrogen and oxygen atoms in total. The fourth-order valence-corrected chi connectivity index (χ4v) is 1.37. The molecule has 0 unspecified atom stereocenters. The lowest BCUT2D eigenvalue weighted by molar-refractivity contribution is 0.101. The maximum Gasteiger partial charge on any atom is 0.339 e. The Bertz CT molecular complexity index is 595. The number of ketones is 1. The van der Waals surface area contributed by atoms with Crippen molar-refractivity contribution in [1.82, 2.24) is 0 Å². The molecule has 0 spiro atoms. The average molecular weight is 204 g/mol. The molecular formula is C11H8O4. The summed E-state index contributed by atoms with van der Waals surface area (Å²) < 4.78 is 4.85. The first kappa shape index (κ1) is 9.45. The fraction of sp³-hybridized carbons (Fsp3) is 0.0909.